The molecular formula is C12H14FN3. The van der Waals surface area contributed by atoms with Gasteiger partial charge in [0, 0.05) is 12.1 Å². The molecule has 0 saturated carbocycles. The van der Waals surface area contributed by atoms with E-state index < -0.39 is 5.95 Å². The molecule has 0 bridgehead atoms. The molecule has 3 nitrogen and oxygen atoms in total. The zero-order valence-electron chi connectivity index (χ0n) is 8.83. The lowest BCUT2D eigenvalue weighted by molar-refractivity contribution is 0.575. The molecule has 4 N–H and O–H groups in total. The van der Waals surface area contributed by atoms with E-state index in [0.717, 1.165) is 5.56 Å². The van der Waals surface area contributed by atoms with Crippen LogP contribution >= 0.6 is 0 Å². The Morgan fingerprint density at radius 1 is 1.44 bits per heavy atom. The van der Waals surface area contributed by atoms with Crippen molar-refractivity contribution in [3.8, 4) is 0 Å². The molecule has 16 heavy (non-hydrogen) atoms. The fourth-order valence-electron chi connectivity index (χ4n) is 1.31. The second kappa shape index (κ2) is 5.70. The molecule has 1 aromatic carbocycles. The van der Waals surface area contributed by atoms with Gasteiger partial charge in [-0.1, -0.05) is 30.3 Å². The first-order valence-corrected chi connectivity index (χ1v) is 4.78. The van der Waals surface area contributed by atoms with Crippen LogP contribution in [0.1, 0.15) is 5.56 Å². The third-order valence-corrected chi connectivity index (χ3v) is 1.86. The minimum atomic E-state index is -0.663. The molecule has 0 aliphatic carbocycles. The summed E-state index contributed by atoms with van der Waals surface area (Å²) in [4.78, 5) is 0. The Morgan fingerprint density at radius 2 is 2.06 bits per heavy atom. The predicted molar refractivity (Wildman–Crippen MR) is 63.5 cm³/mol. The number of hydrogen-bond acceptors (Lipinski definition) is 2. The average molecular weight is 219 g/mol. The first-order valence-electron chi connectivity index (χ1n) is 4.78. The van der Waals surface area contributed by atoms with Crippen LogP contribution in [0.4, 0.5) is 4.39 Å². The molecular weight excluding hydrogens is 205 g/mol. The summed E-state index contributed by atoms with van der Waals surface area (Å²) in [6, 6.07) is 9.52. The Hall–Kier alpha value is -2.10. The summed E-state index contributed by atoms with van der Waals surface area (Å²) in [5.74, 6) is -0.789. The normalized spacial score (nSPS) is 10.9. The molecule has 0 radical (unpaired) electrons. The number of halogens is 1. The Labute approximate surface area is 94.0 Å². The van der Waals surface area contributed by atoms with Gasteiger partial charge in [0.2, 0.25) is 0 Å². The summed E-state index contributed by atoms with van der Waals surface area (Å²) >= 11 is 0. The largest absolute Gasteiger partial charge is 0.384 e. The number of rotatable bonds is 5. The van der Waals surface area contributed by atoms with E-state index in [9.17, 15) is 4.39 Å². The van der Waals surface area contributed by atoms with E-state index in [4.69, 9.17) is 11.1 Å². The number of benzene rings is 1. The van der Waals surface area contributed by atoms with Gasteiger partial charge in [0.05, 0.1) is 0 Å². The van der Waals surface area contributed by atoms with Gasteiger partial charge in [0.1, 0.15) is 5.84 Å². The SMILES string of the molecule is C=C(F)NC(=CC(=N)N)Cc1ccccc1. The lowest BCUT2D eigenvalue weighted by Gasteiger charge is -2.08. The van der Waals surface area contributed by atoms with Crippen LogP contribution in [0.3, 0.4) is 0 Å². The van der Waals surface area contributed by atoms with E-state index in [1.54, 1.807) is 0 Å². The molecule has 1 aromatic rings. The fraction of sp³-hybridized carbons (Fsp3) is 0.0833. The van der Waals surface area contributed by atoms with Crippen molar-refractivity contribution in [1.29, 1.82) is 5.41 Å². The van der Waals surface area contributed by atoms with Crippen molar-refractivity contribution in [3.63, 3.8) is 0 Å². The Balaban J connectivity index is 2.79. The monoisotopic (exact) mass is 219 g/mol. The van der Waals surface area contributed by atoms with Crippen LogP contribution in [0.15, 0.2) is 54.6 Å². The lowest BCUT2D eigenvalue weighted by atomic mass is 10.1. The first-order chi connectivity index (χ1) is 7.58. The maximum absolute atomic E-state index is 12.6. The number of amidine groups is 1. The smallest absolute Gasteiger partial charge is 0.183 e. The average Bonchev–Trinajstić information content (AvgIpc) is 2.16. The van der Waals surface area contributed by atoms with E-state index in [-0.39, 0.29) is 5.84 Å². The van der Waals surface area contributed by atoms with Crippen LogP contribution < -0.4 is 11.1 Å². The van der Waals surface area contributed by atoms with Crippen LogP contribution in [-0.4, -0.2) is 5.84 Å². The molecule has 0 saturated heterocycles. The predicted octanol–water partition coefficient (Wildman–Crippen LogP) is 2.08. The summed E-state index contributed by atoms with van der Waals surface area (Å²) in [6.45, 7) is 3.11. The standard InChI is InChI=1S/C12H14FN3/c1-9(13)16-11(8-12(14)15)7-10-5-3-2-4-6-10/h2-6,8,16H,1,7H2,(H3,14,15). The summed E-state index contributed by atoms with van der Waals surface area (Å²) < 4.78 is 12.6. The minimum Gasteiger partial charge on any atom is -0.384 e. The van der Waals surface area contributed by atoms with Crippen molar-refractivity contribution in [2.24, 2.45) is 5.73 Å². The van der Waals surface area contributed by atoms with Crippen molar-refractivity contribution in [2.75, 3.05) is 0 Å². The van der Waals surface area contributed by atoms with Gasteiger partial charge in [0.15, 0.2) is 5.95 Å². The number of nitrogens with one attached hydrogen (secondary N) is 2. The van der Waals surface area contributed by atoms with E-state index >= 15 is 0 Å². The highest BCUT2D eigenvalue weighted by Gasteiger charge is 2.01. The summed E-state index contributed by atoms with van der Waals surface area (Å²) in [5, 5.41) is 9.58. The molecule has 0 amide bonds. The van der Waals surface area contributed by atoms with Gasteiger partial charge in [-0.2, -0.15) is 4.39 Å². The second-order valence-corrected chi connectivity index (χ2v) is 3.32. The molecule has 1 rings (SSSR count). The highest BCUT2D eigenvalue weighted by atomic mass is 19.1. The first kappa shape index (κ1) is 12.0. The summed E-state index contributed by atoms with van der Waals surface area (Å²) in [5.41, 5.74) is 6.75. The third-order valence-electron chi connectivity index (χ3n) is 1.86. The van der Waals surface area contributed by atoms with Gasteiger partial charge in [0.25, 0.3) is 0 Å². The molecule has 4 heteroatoms. The zero-order valence-corrected chi connectivity index (χ0v) is 8.83. The molecule has 0 fully saturated rings. The summed E-state index contributed by atoms with van der Waals surface area (Å²) in [6.07, 6.45) is 1.85. The van der Waals surface area contributed by atoms with Crippen molar-refractivity contribution < 1.29 is 4.39 Å². The number of nitrogens with two attached hydrogens (primary N) is 1. The topological polar surface area (TPSA) is 61.9 Å². The molecule has 0 unspecified atom stereocenters. The van der Waals surface area contributed by atoms with Gasteiger partial charge in [-0.05, 0) is 18.2 Å². The van der Waals surface area contributed by atoms with Crippen molar-refractivity contribution in [3.05, 3.63) is 60.2 Å². The quantitative estimate of drug-likeness (QED) is 0.403. The van der Waals surface area contributed by atoms with E-state index in [1.807, 2.05) is 30.3 Å². The summed E-state index contributed by atoms with van der Waals surface area (Å²) in [7, 11) is 0. The van der Waals surface area contributed by atoms with Crippen LogP contribution in [0.25, 0.3) is 0 Å². The van der Waals surface area contributed by atoms with E-state index in [1.165, 1.54) is 6.08 Å². The van der Waals surface area contributed by atoms with Crippen LogP contribution in [0, 0.1) is 5.41 Å². The van der Waals surface area contributed by atoms with Gasteiger partial charge in [-0.15, -0.1) is 0 Å². The highest BCUT2D eigenvalue weighted by Crippen LogP contribution is 2.07. The van der Waals surface area contributed by atoms with Gasteiger partial charge in [-0.25, -0.2) is 0 Å². The Kier molecular flexibility index (Phi) is 4.27. The maximum Gasteiger partial charge on any atom is 0.183 e. The number of allylic oxidation sites excluding steroid dienone is 1. The minimum absolute atomic E-state index is 0.125. The molecule has 0 aromatic heterocycles. The lowest BCUT2D eigenvalue weighted by Crippen LogP contribution is -2.16. The van der Waals surface area contributed by atoms with Crippen LogP contribution in [0.2, 0.25) is 0 Å². The van der Waals surface area contributed by atoms with Crippen LogP contribution in [0.5, 0.6) is 0 Å². The van der Waals surface area contributed by atoms with Crippen molar-refractivity contribution in [2.45, 2.75) is 6.42 Å². The second-order valence-electron chi connectivity index (χ2n) is 3.32. The molecule has 0 heterocycles. The van der Waals surface area contributed by atoms with Crippen molar-refractivity contribution >= 4 is 5.84 Å². The van der Waals surface area contributed by atoms with Gasteiger partial charge >= 0.3 is 0 Å². The van der Waals surface area contributed by atoms with Gasteiger partial charge < -0.3 is 11.1 Å². The Bertz CT molecular complexity index is 410. The molecule has 0 spiro atoms. The molecule has 84 valence electrons. The Morgan fingerprint density at radius 3 is 2.56 bits per heavy atom. The maximum atomic E-state index is 12.6. The van der Waals surface area contributed by atoms with Crippen LogP contribution in [-0.2, 0) is 6.42 Å². The zero-order chi connectivity index (χ0) is 12.0. The highest BCUT2D eigenvalue weighted by molar-refractivity contribution is 5.89. The number of hydrogen-bond donors (Lipinski definition) is 3. The van der Waals surface area contributed by atoms with E-state index in [0.29, 0.717) is 12.1 Å². The van der Waals surface area contributed by atoms with Crippen molar-refractivity contribution in [1.82, 2.24) is 5.32 Å². The van der Waals surface area contributed by atoms with Gasteiger partial charge in [-0.3, -0.25) is 5.41 Å². The van der Waals surface area contributed by atoms with E-state index in [2.05, 4.69) is 11.9 Å². The third kappa shape index (κ3) is 4.41. The molecule has 0 atom stereocenters. The fourth-order valence-corrected chi connectivity index (χ4v) is 1.31. The molecule has 0 aliphatic rings. The molecule has 0 aliphatic heterocycles.